The van der Waals surface area contributed by atoms with Crippen molar-refractivity contribution in [2.45, 2.75) is 12.1 Å². The first kappa shape index (κ1) is 22.0. The molecule has 32 heavy (non-hydrogen) atoms. The van der Waals surface area contributed by atoms with Crippen molar-refractivity contribution in [1.82, 2.24) is 9.55 Å². The van der Waals surface area contributed by atoms with E-state index >= 15 is 0 Å². The zero-order valence-electron chi connectivity index (χ0n) is 17.0. The first-order valence-corrected chi connectivity index (χ1v) is 11.3. The molecule has 1 N–H and O–H groups in total. The van der Waals surface area contributed by atoms with E-state index in [4.69, 9.17) is 4.74 Å². The number of anilines is 1. The molecule has 6 nitrogen and oxygen atoms in total. The van der Waals surface area contributed by atoms with Crippen molar-refractivity contribution in [3.63, 3.8) is 0 Å². The van der Waals surface area contributed by atoms with Crippen LogP contribution in [0, 0.1) is 18.6 Å². The lowest BCUT2D eigenvalue weighted by Crippen LogP contribution is -2.23. The second kappa shape index (κ2) is 9.09. The largest absolute Gasteiger partial charge is 0.494 e. The Morgan fingerprint density at radius 1 is 1.22 bits per heavy atom. The maximum Gasteiger partial charge on any atom is 0.276 e. The van der Waals surface area contributed by atoms with Crippen molar-refractivity contribution in [2.75, 3.05) is 18.2 Å². The minimum Gasteiger partial charge on any atom is -0.494 e. The minimum atomic E-state index is -0.594. The molecule has 0 aliphatic heterocycles. The summed E-state index contributed by atoms with van der Waals surface area (Å²) in [6, 6.07) is 9.95. The highest BCUT2D eigenvalue weighted by Crippen LogP contribution is 2.26. The molecule has 2 heterocycles. The minimum absolute atomic E-state index is 0.0734. The molecule has 0 atom stereocenters. The summed E-state index contributed by atoms with van der Waals surface area (Å²) in [5.41, 5.74) is 1.56. The van der Waals surface area contributed by atoms with Crippen LogP contribution in [-0.2, 0) is 4.79 Å². The first-order chi connectivity index (χ1) is 15.4. The number of amides is 1. The summed E-state index contributed by atoms with van der Waals surface area (Å²) in [7, 11) is 1.35. The van der Waals surface area contributed by atoms with Crippen LogP contribution in [0.15, 0.2) is 57.8 Å². The summed E-state index contributed by atoms with van der Waals surface area (Å²) in [6.45, 7) is 1.70. The number of fused-ring (bicyclic) bond motifs is 1. The second-order valence-electron chi connectivity index (χ2n) is 6.79. The molecule has 0 bridgehead atoms. The van der Waals surface area contributed by atoms with Gasteiger partial charge in [-0.1, -0.05) is 11.8 Å². The van der Waals surface area contributed by atoms with Crippen molar-refractivity contribution < 1.29 is 18.3 Å². The van der Waals surface area contributed by atoms with Gasteiger partial charge >= 0.3 is 0 Å². The standard InChI is InChI=1S/C22H17F2N3O3S2/c1-12-9-13(23)3-5-17(12)27-21(29)20-16(7-8-31-20)26-22(27)32-11-19(28)25-14-4-6-18(30-2)15(24)10-14/h3-10H,11H2,1-2H3,(H,25,28). The van der Waals surface area contributed by atoms with E-state index in [-0.39, 0.29) is 22.7 Å². The highest BCUT2D eigenvalue weighted by molar-refractivity contribution is 7.99. The number of benzene rings is 2. The Bertz CT molecular complexity index is 1380. The van der Waals surface area contributed by atoms with Crippen molar-refractivity contribution in [3.05, 3.63) is 75.4 Å². The normalized spacial score (nSPS) is 11.0. The van der Waals surface area contributed by atoms with E-state index < -0.39 is 17.5 Å². The monoisotopic (exact) mass is 473 g/mol. The van der Waals surface area contributed by atoms with Crippen LogP contribution in [0.4, 0.5) is 14.5 Å². The van der Waals surface area contributed by atoms with Gasteiger partial charge in [-0.3, -0.25) is 14.2 Å². The van der Waals surface area contributed by atoms with E-state index in [1.807, 2.05) is 0 Å². The molecular weight excluding hydrogens is 456 g/mol. The van der Waals surface area contributed by atoms with Gasteiger partial charge in [0.1, 0.15) is 10.5 Å². The molecule has 0 radical (unpaired) electrons. The van der Waals surface area contributed by atoms with Gasteiger partial charge in [-0.15, -0.1) is 11.3 Å². The fourth-order valence-corrected chi connectivity index (χ4v) is 4.71. The van der Waals surface area contributed by atoms with Crippen LogP contribution < -0.4 is 15.6 Å². The Morgan fingerprint density at radius 3 is 2.75 bits per heavy atom. The molecule has 0 aliphatic rings. The number of aromatic nitrogens is 2. The van der Waals surface area contributed by atoms with Crippen LogP contribution in [0.2, 0.25) is 0 Å². The lowest BCUT2D eigenvalue weighted by Gasteiger charge is -2.14. The highest BCUT2D eigenvalue weighted by atomic mass is 32.2. The smallest absolute Gasteiger partial charge is 0.276 e. The predicted molar refractivity (Wildman–Crippen MR) is 122 cm³/mol. The zero-order valence-corrected chi connectivity index (χ0v) is 18.7. The van der Waals surface area contributed by atoms with Crippen molar-refractivity contribution >= 4 is 44.9 Å². The number of ether oxygens (including phenoxy) is 1. The number of hydrogen-bond donors (Lipinski definition) is 1. The molecule has 4 aromatic rings. The number of carbonyl (C=O) groups is 1. The van der Waals surface area contributed by atoms with Crippen LogP contribution in [0.1, 0.15) is 5.56 Å². The summed E-state index contributed by atoms with van der Waals surface area (Å²) in [5, 5.41) is 4.67. The number of nitrogens with one attached hydrogen (secondary N) is 1. The quantitative estimate of drug-likeness (QED) is 0.323. The van der Waals surface area contributed by atoms with Gasteiger partial charge in [0, 0.05) is 11.8 Å². The third-order valence-corrected chi connectivity index (χ3v) is 6.45. The summed E-state index contributed by atoms with van der Waals surface area (Å²) >= 11 is 2.33. The Labute approximate surface area is 189 Å². The van der Waals surface area contributed by atoms with Gasteiger partial charge in [0.05, 0.1) is 24.1 Å². The van der Waals surface area contributed by atoms with Crippen LogP contribution in [-0.4, -0.2) is 28.3 Å². The molecule has 2 aromatic heterocycles. The first-order valence-electron chi connectivity index (χ1n) is 9.40. The maximum absolute atomic E-state index is 13.9. The van der Waals surface area contributed by atoms with Gasteiger partial charge in [0.25, 0.3) is 5.56 Å². The highest BCUT2D eigenvalue weighted by Gasteiger charge is 2.17. The predicted octanol–water partition coefficient (Wildman–Crippen LogP) is 4.77. The molecule has 0 aliphatic carbocycles. The fraction of sp³-hybridized carbons (Fsp3) is 0.136. The van der Waals surface area contributed by atoms with Crippen molar-refractivity contribution in [3.8, 4) is 11.4 Å². The summed E-state index contributed by atoms with van der Waals surface area (Å²) in [6.07, 6.45) is 0. The van der Waals surface area contributed by atoms with E-state index in [0.717, 1.165) is 17.8 Å². The summed E-state index contributed by atoms with van der Waals surface area (Å²) in [5.74, 6) is -1.41. The van der Waals surface area contributed by atoms with Gasteiger partial charge < -0.3 is 10.1 Å². The summed E-state index contributed by atoms with van der Waals surface area (Å²) in [4.78, 5) is 30.2. The van der Waals surface area contributed by atoms with Gasteiger partial charge in [-0.05, 0) is 54.3 Å². The number of hydrogen-bond acceptors (Lipinski definition) is 6. The molecule has 1 amide bonds. The van der Waals surface area contributed by atoms with Crippen LogP contribution in [0.25, 0.3) is 15.9 Å². The lowest BCUT2D eigenvalue weighted by atomic mass is 10.2. The molecule has 10 heteroatoms. The Hall–Kier alpha value is -3.24. The van der Waals surface area contributed by atoms with Gasteiger partial charge in [0.15, 0.2) is 16.7 Å². The van der Waals surface area contributed by atoms with E-state index in [0.29, 0.717) is 26.6 Å². The average molecular weight is 474 g/mol. The third kappa shape index (κ3) is 4.37. The second-order valence-corrected chi connectivity index (χ2v) is 8.65. The van der Waals surface area contributed by atoms with Crippen LogP contribution in [0.3, 0.4) is 0 Å². The van der Waals surface area contributed by atoms with E-state index in [2.05, 4.69) is 10.3 Å². The SMILES string of the molecule is COc1ccc(NC(=O)CSc2nc3ccsc3c(=O)n2-c2ccc(F)cc2C)cc1F. The lowest BCUT2D eigenvalue weighted by molar-refractivity contribution is -0.113. The number of nitrogens with zero attached hydrogens (tertiary/aromatic N) is 2. The van der Waals surface area contributed by atoms with Gasteiger partial charge in [-0.2, -0.15) is 0 Å². The number of carbonyl (C=O) groups excluding carboxylic acids is 1. The van der Waals surface area contributed by atoms with E-state index in [9.17, 15) is 18.4 Å². The average Bonchev–Trinajstić information content (AvgIpc) is 3.22. The topological polar surface area (TPSA) is 73.2 Å². The van der Waals surface area contributed by atoms with Gasteiger partial charge in [0.2, 0.25) is 5.91 Å². The maximum atomic E-state index is 13.9. The van der Waals surface area contributed by atoms with E-state index in [1.165, 1.54) is 53.3 Å². The molecule has 4 rings (SSSR count). The zero-order chi connectivity index (χ0) is 22.8. The molecule has 0 unspecified atom stereocenters. The Kier molecular flexibility index (Phi) is 6.24. The third-order valence-electron chi connectivity index (χ3n) is 4.62. The number of thiophene rings is 1. The summed E-state index contributed by atoms with van der Waals surface area (Å²) < 4.78 is 34.2. The van der Waals surface area contributed by atoms with Crippen molar-refractivity contribution in [2.24, 2.45) is 0 Å². The van der Waals surface area contributed by atoms with E-state index in [1.54, 1.807) is 18.4 Å². The Morgan fingerprint density at radius 2 is 2.03 bits per heavy atom. The number of methoxy groups -OCH3 is 1. The van der Waals surface area contributed by atoms with Gasteiger partial charge in [-0.25, -0.2) is 13.8 Å². The molecular formula is C22H17F2N3O3S2. The fourth-order valence-electron chi connectivity index (χ4n) is 3.14. The Balaban J connectivity index is 1.63. The molecule has 0 spiro atoms. The number of aryl methyl sites for hydroxylation is 1. The molecule has 0 saturated carbocycles. The number of halogens is 2. The number of thioether (sulfide) groups is 1. The molecule has 0 fully saturated rings. The van der Waals surface area contributed by atoms with Crippen LogP contribution in [0.5, 0.6) is 5.75 Å². The molecule has 164 valence electrons. The van der Waals surface area contributed by atoms with Crippen LogP contribution >= 0.6 is 23.1 Å². The number of rotatable bonds is 6. The molecule has 2 aromatic carbocycles. The van der Waals surface area contributed by atoms with Crippen molar-refractivity contribution in [1.29, 1.82) is 0 Å². The molecule has 0 saturated heterocycles.